The number of anilines is 1. The number of nitriles is 1. The summed E-state index contributed by atoms with van der Waals surface area (Å²) in [4.78, 5) is 31.4. The molecule has 41 heavy (non-hydrogen) atoms. The van der Waals surface area contributed by atoms with E-state index in [9.17, 15) is 36.4 Å². The molecule has 0 radical (unpaired) electrons. The molecule has 0 aromatic heterocycles. The van der Waals surface area contributed by atoms with Crippen molar-refractivity contribution in [2.24, 2.45) is 5.41 Å². The van der Waals surface area contributed by atoms with Gasteiger partial charge in [-0.2, -0.15) is 18.4 Å². The number of amides is 2. The number of rotatable bonds is 6. The van der Waals surface area contributed by atoms with Gasteiger partial charge in [0, 0.05) is 37.9 Å². The number of hydrogen-bond acceptors (Lipinski definition) is 7. The fraction of sp³-hybridized carbons (Fsp3) is 0.593. The summed E-state index contributed by atoms with van der Waals surface area (Å²) in [5.74, 6) is -2.12. The van der Waals surface area contributed by atoms with Crippen LogP contribution < -0.4 is 10.2 Å². The number of hydrogen-bond donors (Lipinski definition) is 1. The van der Waals surface area contributed by atoms with Gasteiger partial charge in [-0.15, -0.1) is 0 Å². The number of fused-ring (bicyclic) bond motifs is 1. The van der Waals surface area contributed by atoms with Crippen LogP contribution in [0.4, 0.5) is 18.9 Å². The van der Waals surface area contributed by atoms with Gasteiger partial charge in [0.1, 0.15) is 17.0 Å². The Morgan fingerprint density at radius 2 is 1.85 bits per heavy atom. The van der Waals surface area contributed by atoms with Gasteiger partial charge >= 0.3 is 6.18 Å². The van der Waals surface area contributed by atoms with E-state index in [2.05, 4.69) is 27.4 Å². The first-order valence-corrected chi connectivity index (χ1v) is 15.5. The highest BCUT2D eigenvalue weighted by atomic mass is 35.5. The lowest BCUT2D eigenvalue weighted by molar-refractivity contribution is -0.199. The van der Waals surface area contributed by atoms with Crippen molar-refractivity contribution < 1.29 is 31.2 Å². The molecule has 2 amide bonds. The van der Waals surface area contributed by atoms with Gasteiger partial charge in [-0.25, -0.2) is 8.42 Å². The lowest BCUT2D eigenvalue weighted by Gasteiger charge is -2.39. The molecule has 3 aliphatic heterocycles. The third-order valence-corrected chi connectivity index (χ3v) is 11.7. The molecule has 9 nitrogen and oxygen atoms in total. The summed E-state index contributed by atoms with van der Waals surface area (Å²) in [6, 6.07) is 5.47. The first kappa shape index (κ1) is 28.2. The SMILES string of the molecule is N#CC1(NC(=O)[C@@H]2C[C@@H](S(=O)(=O)c3ccc(N4CCN5C=CC[C@H]5C4)cc3Cl)CN2C(=O)C2(C(F)(F)F)CC2)CC1. The molecule has 220 valence electrons. The lowest BCUT2D eigenvalue weighted by Crippen LogP contribution is -2.53. The first-order valence-electron chi connectivity index (χ1n) is 13.6. The summed E-state index contributed by atoms with van der Waals surface area (Å²) in [6.07, 6.45) is -0.195. The Balaban J connectivity index is 1.25. The van der Waals surface area contributed by atoms with Gasteiger partial charge in [-0.05, 0) is 62.9 Å². The van der Waals surface area contributed by atoms with E-state index in [-0.39, 0.29) is 9.92 Å². The van der Waals surface area contributed by atoms with E-state index in [0.29, 0.717) is 18.9 Å². The quantitative estimate of drug-likeness (QED) is 0.526. The zero-order valence-corrected chi connectivity index (χ0v) is 23.6. The molecule has 3 heterocycles. The molecular formula is C27H29ClF3N5O4S. The molecule has 1 aromatic carbocycles. The average molecular weight is 612 g/mol. The lowest BCUT2D eigenvalue weighted by atomic mass is 10.0. The van der Waals surface area contributed by atoms with Gasteiger partial charge in [-0.3, -0.25) is 9.59 Å². The van der Waals surface area contributed by atoms with E-state index in [4.69, 9.17) is 11.6 Å². The fourth-order valence-corrected chi connectivity index (χ4v) is 8.42. The van der Waals surface area contributed by atoms with Crippen LogP contribution in [0, 0.1) is 16.7 Å². The Morgan fingerprint density at radius 1 is 1.12 bits per heavy atom. The second-order valence-electron chi connectivity index (χ2n) is 11.7. The zero-order valence-electron chi connectivity index (χ0n) is 22.0. The van der Waals surface area contributed by atoms with Gasteiger partial charge < -0.3 is 20.0 Å². The van der Waals surface area contributed by atoms with Gasteiger partial charge in [-0.1, -0.05) is 17.7 Å². The third kappa shape index (κ3) is 4.73. The predicted octanol–water partition coefficient (Wildman–Crippen LogP) is 3.01. The zero-order chi connectivity index (χ0) is 29.4. The number of alkyl halides is 3. The van der Waals surface area contributed by atoms with Crippen molar-refractivity contribution in [2.75, 3.05) is 31.1 Å². The number of likely N-dealkylation sites (tertiary alicyclic amines) is 1. The van der Waals surface area contributed by atoms with Crippen molar-refractivity contribution in [3.8, 4) is 6.07 Å². The first-order chi connectivity index (χ1) is 19.3. The normalized spacial score (nSPS) is 27.8. The van der Waals surface area contributed by atoms with Crippen LogP contribution in [0.3, 0.4) is 0 Å². The van der Waals surface area contributed by atoms with Crippen molar-refractivity contribution in [2.45, 2.75) is 72.5 Å². The van der Waals surface area contributed by atoms with Crippen molar-refractivity contribution >= 4 is 38.9 Å². The van der Waals surface area contributed by atoms with Crippen molar-refractivity contribution in [1.82, 2.24) is 15.1 Å². The summed E-state index contributed by atoms with van der Waals surface area (Å²) in [7, 11) is -4.25. The summed E-state index contributed by atoms with van der Waals surface area (Å²) in [5.41, 5.74) is -2.99. The molecule has 3 atom stereocenters. The van der Waals surface area contributed by atoms with Crippen LogP contribution >= 0.6 is 11.6 Å². The van der Waals surface area contributed by atoms with Crippen LogP contribution in [0.1, 0.15) is 38.5 Å². The minimum atomic E-state index is -4.83. The molecule has 0 bridgehead atoms. The van der Waals surface area contributed by atoms with E-state index in [0.717, 1.165) is 36.6 Å². The highest BCUT2D eigenvalue weighted by Gasteiger charge is 2.70. The summed E-state index contributed by atoms with van der Waals surface area (Å²) in [5, 5.41) is 10.5. The van der Waals surface area contributed by atoms with Crippen molar-refractivity contribution in [3.63, 3.8) is 0 Å². The minimum Gasteiger partial charge on any atom is -0.371 e. The van der Waals surface area contributed by atoms with Crippen LogP contribution in [-0.4, -0.2) is 85.3 Å². The number of carbonyl (C=O) groups excluding carboxylic acids is 2. The van der Waals surface area contributed by atoms with Crippen LogP contribution in [0.15, 0.2) is 35.4 Å². The third-order valence-electron chi connectivity index (χ3n) is 9.11. The number of piperazine rings is 1. The Labute approximate surface area is 240 Å². The van der Waals surface area contributed by atoms with Crippen LogP contribution in [0.5, 0.6) is 0 Å². The maximum absolute atomic E-state index is 13.8. The van der Waals surface area contributed by atoms with E-state index in [1.807, 2.05) is 6.07 Å². The molecule has 6 rings (SSSR count). The van der Waals surface area contributed by atoms with E-state index < -0.39 is 75.9 Å². The molecule has 1 N–H and O–H groups in total. The predicted molar refractivity (Wildman–Crippen MR) is 142 cm³/mol. The van der Waals surface area contributed by atoms with Gasteiger partial charge in [0.2, 0.25) is 11.8 Å². The van der Waals surface area contributed by atoms with Gasteiger partial charge in [0.05, 0.1) is 21.2 Å². The van der Waals surface area contributed by atoms with E-state index in [1.165, 1.54) is 6.07 Å². The number of nitrogens with one attached hydrogen (secondary N) is 1. The largest absolute Gasteiger partial charge is 0.403 e. The molecular weight excluding hydrogens is 583 g/mol. The summed E-state index contributed by atoms with van der Waals surface area (Å²) in [6.45, 7) is 1.72. The van der Waals surface area contributed by atoms with Crippen molar-refractivity contribution in [3.05, 3.63) is 35.5 Å². The van der Waals surface area contributed by atoms with Gasteiger partial charge in [0.25, 0.3) is 0 Å². The minimum absolute atomic E-state index is 0.0318. The summed E-state index contributed by atoms with van der Waals surface area (Å²) < 4.78 is 69.1. The maximum Gasteiger partial charge on any atom is 0.403 e. The Morgan fingerprint density at radius 3 is 2.46 bits per heavy atom. The van der Waals surface area contributed by atoms with E-state index in [1.54, 1.807) is 12.1 Å². The molecule has 4 fully saturated rings. The van der Waals surface area contributed by atoms with Crippen LogP contribution in [0.25, 0.3) is 0 Å². The number of carbonyl (C=O) groups is 2. The topological polar surface area (TPSA) is 114 Å². The smallest absolute Gasteiger partial charge is 0.371 e. The monoisotopic (exact) mass is 611 g/mol. The molecule has 0 unspecified atom stereocenters. The average Bonchev–Trinajstić information content (AvgIpc) is 3.80. The Kier molecular flexibility index (Phi) is 6.54. The number of nitrogens with zero attached hydrogens (tertiary/aromatic N) is 4. The molecule has 0 spiro atoms. The van der Waals surface area contributed by atoms with E-state index >= 15 is 0 Å². The molecule has 5 aliphatic rings. The molecule has 2 saturated carbocycles. The standard InChI is InChI=1S/C27H29ClF3N5O4S/c28-20-12-17(35-11-10-34-9-1-2-18(34)14-35)3-4-22(20)41(39,40)19-13-21(23(37)33-25(16-32)5-6-25)36(15-19)24(38)26(7-8-26)27(29,30)31/h1,3-4,9,12,18-19,21H,2,5-8,10-11,13-15H2,(H,33,37)/t18-,19+,21-/m0/s1. The molecule has 1 aromatic rings. The molecule has 2 saturated heterocycles. The Bertz CT molecular complexity index is 1470. The van der Waals surface area contributed by atoms with Crippen LogP contribution in [0.2, 0.25) is 5.02 Å². The second kappa shape index (κ2) is 9.52. The molecule has 2 aliphatic carbocycles. The summed E-state index contributed by atoms with van der Waals surface area (Å²) >= 11 is 6.50. The second-order valence-corrected chi connectivity index (χ2v) is 14.3. The molecule has 14 heteroatoms. The highest BCUT2D eigenvalue weighted by molar-refractivity contribution is 7.92. The number of halogens is 4. The number of benzene rings is 1. The highest BCUT2D eigenvalue weighted by Crippen LogP contribution is 2.59. The number of sulfone groups is 1. The fourth-order valence-electron chi connectivity index (χ4n) is 6.18. The van der Waals surface area contributed by atoms with Crippen molar-refractivity contribution in [1.29, 1.82) is 5.26 Å². The van der Waals surface area contributed by atoms with Crippen LogP contribution in [-0.2, 0) is 19.4 Å². The maximum atomic E-state index is 13.8. The van der Waals surface area contributed by atoms with Gasteiger partial charge in [0.15, 0.2) is 9.84 Å². The Hall–Kier alpha value is -2.98.